The maximum atomic E-state index is 12.1. The zero-order chi connectivity index (χ0) is 22.3. The first-order valence-electron chi connectivity index (χ1n) is 11.5. The van der Waals surface area contributed by atoms with Gasteiger partial charge in [0.1, 0.15) is 5.25 Å². The van der Waals surface area contributed by atoms with Gasteiger partial charge in [-0.1, -0.05) is 51.1 Å². The van der Waals surface area contributed by atoms with Crippen LogP contribution in [-0.2, 0) is 24.3 Å². The molecule has 1 fully saturated rings. The summed E-state index contributed by atoms with van der Waals surface area (Å²) in [4.78, 5) is 4.74. The summed E-state index contributed by atoms with van der Waals surface area (Å²) in [6, 6.07) is 17.2. The number of rotatable bonds is 7. The van der Waals surface area contributed by atoms with E-state index in [1.807, 2.05) is 6.20 Å². The number of hydrogen-bond donors (Lipinski definition) is 1. The van der Waals surface area contributed by atoms with Crippen LogP contribution in [0.15, 0.2) is 60.9 Å². The van der Waals surface area contributed by atoms with Gasteiger partial charge < -0.3 is 9.12 Å². The monoisotopic (exact) mass is 445 g/mol. The summed E-state index contributed by atoms with van der Waals surface area (Å²) in [5.41, 5.74) is 4.96. The van der Waals surface area contributed by atoms with Crippen LogP contribution in [0.2, 0.25) is 0 Å². The van der Waals surface area contributed by atoms with Gasteiger partial charge in [-0.3, -0.25) is 4.98 Å². The summed E-state index contributed by atoms with van der Waals surface area (Å²) < 4.78 is 17.7. The number of hydrogen-bond acceptors (Lipinski definition) is 3. The van der Waals surface area contributed by atoms with Crippen molar-refractivity contribution in [3.8, 4) is 11.3 Å². The minimum atomic E-state index is -0.891. The summed E-state index contributed by atoms with van der Waals surface area (Å²) >= 11 is -0.891. The van der Waals surface area contributed by atoms with Crippen LogP contribution in [0.3, 0.4) is 0 Å². The molecule has 2 aromatic carbocycles. The molecule has 166 valence electrons. The van der Waals surface area contributed by atoms with E-state index in [-0.39, 0.29) is 5.41 Å². The molecule has 4 nitrogen and oxygen atoms in total. The van der Waals surface area contributed by atoms with Crippen LogP contribution in [-0.4, -0.2) is 25.9 Å². The van der Waals surface area contributed by atoms with Gasteiger partial charge in [0.25, 0.3) is 0 Å². The quantitative estimate of drug-likeness (QED) is 0.363. The minimum absolute atomic E-state index is 0.193. The Balaban J connectivity index is 1.52. The number of fused-ring (bicyclic) bond motifs is 2. The van der Waals surface area contributed by atoms with E-state index in [0.29, 0.717) is 11.8 Å². The molecule has 1 aliphatic rings. The Morgan fingerprint density at radius 2 is 1.91 bits per heavy atom. The van der Waals surface area contributed by atoms with Gasteiger partial charge in [-0.15, -0.1) is 4.72 Å². The molecule has 4 aromatic rings. The van der Waals surface area contributed by atoms with E-state index in [2.05, 4.69) is 84.8 Å². The van der Waals surface area contributed by atoms with Crippen LogP contribution in [0.25, 0.3) is 32.9 Å². The van der Waals surface area contributed by atoms with Crippen LogP contribution in [0.5, 0.6) is 0 Å². The zero-order valence-corrected chi connectivity index (χ0v) is 19.9. The topological polar surface area (TPSA) is 52.9 Å². The Kier molecular flexibility index (Phi) is 5.74. The fraction of sp³-hybridized carbons (Fsp3) is 0.370. The molecule has 1 aliphatic carbocycles. The first kappa shape index (κ1) is 21.5. The number of benzene rings is 2. The van der Waals surface area contributed by atoms with Gasteiger partial charge in [0.2, 0.25) is 0 Å². The van der Waals surface area contributed by atoms with Crippen molar-refractivity contribution in [3.63, 3.8) is 0 Å². The van der Waals surface area contributed by atoms with E-state index in [9.17, 15) is 4.55 Å². The van der Waals surface area contributed by atoms with Crippen molar-refractivity contribution in [3.05, 3.63) is 66.5 Å². The second-order valence-corrected chi connectivity index (χ2v) is 11.6. The summed E-state index contributed by atoms with van der Waals surface area (Å²) in [5, 5.41) is 4.04. The molecule has 0 saturated heterocycles. The SMILES string of the molecule is CC(C)(C)Cc1cn(CCN[S+]([O-])C2CC2)c2ccc(-c3nccc4ccccc34)cc12. The number of nitrogens with one attached hydrogen (secondary N) is 1. The highest BCUT2D eigenvalue weighted by Gasteiger charge is 2.34. The van der Waals surface area contributed by atoms with Crippen LogP contribution in [0, 0.1) is 5.41 Å². The van der Waals surface area contributed by atoms with Crippen molar-refractivity contribution in [2.45, 2.75) is 51.8 Å². The maximum Gasteiger partial charge on any atom is 0.135 e. The molecule has 0 aliphatic heterocycles. The molecule has 1 atom stereocenters. The highest BCUT2D eigenvalue weighted by molar-refractivity contribution is 7.90. The van der Waals surface area contributed by atoms with E-state index in [0.717, 1.165) is 37.1 Å². The molecule has 1 N–H and O–H groups in total. The average Bonchev–Trinajstić information content (AvgIpc) is 3.57. The molecule has 1 unspecified atom stereocenters. The Labute approximate surface area is 193 Å². The van der Waals surface area contributed by atoms with Crippen molar-refractivity contribution in [1.29, 1.82) is 0 Å². The van der Waals surface area contributed by atoms with E-state index < -0.39 is 11.4 Å². The average molecular weight is 446 g/mol. The summed E-state index contributed by atoms with van der Waals surface area (Å²) in [7, 11) is 0. The van der Waals surface area contributed by atoms with Gasteiger partial charge in [-0.2, -0.15) is 0 Å². The molecule has 0 amide bonds. The number of pyridine rings is 1. The highest BCUT2D eigenvalue weighted by Crippen LogP contribution is 2.33. The van der Waals surface area contributed by atoms with Crippen molar-refractivity contribution in [1.82, 2.24) is 14.3 Å². The van der Waals surface area contributed by atoms with Crippen LogP contribution >= 0.6 is 0 Å². The lowest BCUT2D eigenvalue weighted by molar-refractivity contribution is 0.412. The maximum absolute atomic E-state index is 12.1. The molecule has 5 heteroatoms. The Morgan fingerprint density at radius 3 is 2.69 bits per heavy atom. The van der Waals surface area contributed by atoms with E-state index in [4.69, 9.17) is 4.98 Å². The lowest BCUT2D eigenvalue weighted by Crippen LogP contribution is -2.30. The lowest BCUT2D eigenvalue weighted by atomic mass is 9.88. The van der Waals surface area contributed by atoms with E-state index in [1.54, 1.807) is 0 Å². The smallest absolute Gasteiger partial charge is 0.135 e. The van der Waals surface area contributed by atoms with E-state index >= 15 is 0 Å². The first-order valence-corrected chi connectivity index (χ1v) is 12.7. The van der Waals surface area contributed by atoms with Crippen LogP contribution in [0.1, 0.15) is 39.2 Å². The standard InChI is InChI=1S/C27H31N3OS/c1-27(2,3)17-21-18-30(15-14-29-32(31)22-9-10-22)25-11-8-20(16-24(21)25)26-23-7-5-4-6-19(23)12-13-28-26/h4-8,11-13,16,18,22,29H,9-10,14-15,17H2,1-3H3. The molecule has 0 spiro atoms. The normalized spacial score (nSPS) is 15.5. The third-order valence-electron chi connectivity index (χ3n) is 6.06. The van der Waals surface area contributed by atoms with Crippen LogP contribution < -0.4 is 4.72 Å². The zero-order valence-electron chi connectivity index (χ0n) is 19.1. The molecule has 0 radical (unpaired) electrons. The van der Waals surface area contributed by atoms with Gasteiger partial charge in [-0.25, -0.2) is 0 Å². The lowest BCUT2D eigenvalue weighted by Gasteiger charge is -2.17. The molecular weight excluding hydrogens is 414 g/mol. The van der Waals surface area contributed by atoms with Crippen molar-refractivity contribution < 1.29 is 4.55 Å². The largest absolute Gasteiger partial charge is 0.598 e. The Hall–Kier alpha value is -2.34. The van der Waals surface area contributed by atoms with Gasteiger partial charge in [-0.05, 0) is 41.0 Å². The summed E-state index contributed by atoms with van der Waals surface area (Å²) in [6.45, 7) is 8.38. The third-order valence-corrected chi connectivity index (χ3v) is 7.62. The minimum Gasteiger partial charge on any atom is -0.598 e. The highest BCUT2D eigenvalue weighted by atomic mass is 32.2. The number of nitrogens with zero attached hydrogens (tertiary/aromatic N) is 2. The predicted molar refractivity (Wildman–Crippen MR) is 135 cm³/mol. The predicted octanol–water partition coefficient (Wildman–Crippen LogP) is 5.86. The first-order chi connectivity index (χ1) is 15.4. The van der Waals surface area contributed by atoms with Gasteiger partial charge in [0.15, 0.2) is 0 Å². The second-order valence-electron chi connectivity index (χ2n) is 10.1. The molecule has 2 heterocycles. The molecule has 0 bridgehead atoms. The fourth-order valence-corrected chi connectivity index (χ4v) is 5.52. The second kappa shape index (κ2) is 8.54. The van der Waals surface area contributed by atoms with Crippen molar-refractivity contribution in [2.24, 2.45) is 5.41 Å². The molecule has 5 rings (SSSR count). The van der Waals surface area contributed by atoms with E-state index in [1.165, 1.54) is 27.2 Å². The molecular formula is C27H31N3OS. The van der Waals surface area contributed by atoms with Gasteiger partial charge >= 0.3 is 0 Å². The third kappa shape index (κ3) is 4.56. The Bertz CT molecular complexity index is 1250. The molecule has 1 saturated carbocycles. The number of aromatic nitrogens is 2. The summed E-state index contributed by atoms with van der Waals surface area (Å²) in [5.74, 6) is 0. The van der Waals surface area contributed by atoms with Gasteiger partial charge in [0, 0.05) is 65.0 Å². The van der Waals surface area contributed by atoms with Gasteiger partial charge in [0.05, 0.1) is 12.2 Å². The molecule has 32 heavy (non-hydrogen) atoms. The summed E-state index contributed by atoms with van der Waals surface area (Å²) in [6.07, 6.45) is 7.37. The molecule has 2 aromatic heterocycles. The van der Waals surface area contributed by atoms with Crippen molar-refractivity contribution >= 4 is 33.0 Å². The Morgan fingerprint density at radius 1 is 1.09 bits per heavy atom. The van der Waals surface area contributed by atoms with Crippen LogP contribution in [0.4, 0.5) is 0 Å². The fourth-order valence-electron chi connectivity index (χ4n) is 4.43. The van der Waals surface area contributed by atoms with Crippen molar-refractivity contribution in [2.75, 3.05) is 6.54 Å².